The summed E-state index contributed by atoms with van der Waals surface area (Å²) in [4.78, 5) is 0. The highest BCUT2D eigenvalue weighted by atomic mass is 79.9. The fourth-order valence-corrected chi connectivity index (χ4v) is 2.65. The molecule has 0 bridgehead atoms. The Balaban J connectivity index is 2.09. The predicted octanol–water partition coefficient (Wildman–Crippen LogP) is 2.52. The topological polar surface area (TPSA) is 59.3 Å². The molecule has 1 aromatic carbocycles. The maximum atomic E-state index is 11.8. The van der Waals surface area contributed by atoms with Crippen molar-refractivity contribution in [1.82, 2.24) is 4.72 Å². The lowest BCUT2D eigenvalue weighted by Crippen LogP contribution is -2.22. The molecule has 2 rings (SSSR count). The van der Waals surface area contributed by atoms with E-state index < -0.39 is 10.0 Å². The molecule has 0 spiro atoms. The fraction of sp³-hybridized carbons (Fsp3) is 0.0909. The highest BCUT2D eigenvalue weighted by Gasteiger charge is 2.17. The Morgan fingerprint density at radius 3 is 2.41 bits per heavy atom. The second-order valence-corrected chi connectivity index (χ2v) is 5.85. The first-order chi connectivity index (χ1) is 8.08. The molecule has 1 heterocycles. The Morgan fingerprint density at radius 1 is 1.12 bits per heavy atom. The van der Waals surface area contributed by atoms with Crippen LogP contribution in [0.25, 0.3) is 0 Å². The number of benzene rings is 1. The molecule has 17 heavy (non-hydrogen) atoms. The zero-order chi connectivity index (χ0) is 12.3. The van der Waals surface area contributed by atoms with E-state index in [1.165, 1.54) is 12.1 Å². The normalized spacial score (nSPS) is 11.6. The summed E-state index contributed by atoms with van der Waals surface area (Å²) in [6, 6.07) is 12.2. The summed E-state index contributed by atoms with van der Waals surface area (Å²) >= 11 is 3.06. The van der Waals surface area contributed by atoms with E-state index in [0.29, 0.717) is 4.67 Å². The molecule has 6 heteroatoms. The second-order valence-electron chi connectivity index (χ2n) is 3.37. The van der Waals surface area contributed by atoms with Crippen LogP contribution in [-0.4, -0.2) is 8.42 Å². The Bertz CT molecular complexity index is 592. The van der Waals surface area contributed by atoms with Gasteiger partial charge in [-0.3, -0.25) is 0 Å². The number of nitrogens with one attached hydrogen (secondary N) is 1. The van der Waals surface area contributed by atoms with Crippen LogP contribution in [0.4, 0.5) is 0 Å². The van der Waals surface area contributed by atoms with Gasteiger partial charge in [0.25, 0.3) is 10.0 Å². The third-order valence-corrected chi connectivity index (χ3v) is 3.82. The number of furan rings is 1. The Kier molecular flexibility index (Phi) is 3.66. The van der Waals surface area contributed by atoms with E-state index in [2.05, 4.69) is 20.7 Å². The van der Waals surface area contributed by atoms with E-state index in [0.717, 1.165) is 5.56 Å². The molecular formula is C11H10BrNO3S. The highest BCUT2D eigenvalue weighted by Crippen LogP contribution is 2.18. The van der Waals surface area contributed by atoms with Gasteiger partial charge in [0.05, 0.1) is 0 Å². The molecule has 0 amide bonds. The van der Waals surface area contributed by atoms with Crippen molar-refractivity contribution in [2.24, 2.45) is 0 Å². The van der Waals surface area contributed by atoms with Crippen molar-refractivity contribution in [3.8, 4) is 0 Å². The van der Waals surface area contributed by atoms with Gasteiger partial charge in [0.1, 0.15) is 0 Å². The van der Waals surface area contributed by atoms with Crippen LogP contribution >= 0.6 is 15.9 Å². The van der Waals surface area contributed by atoms with Gasteiger partial charge in [0.15, 0.2) is 4.67 Å². The quantitative estimate of drug-likeness (QED) is 0.943. The van der Waals surface area contributed by atoms with Crippen LogP contribution in [0.1, 0.15) is 5.56 Å². The smallest absolute Gasteiger partial charge is 0.274 e. The summed E-state index contributed by atoms with van der Waals surface area (Å²) in [6.07, 6.45) is 0. The molecule has 0 fully saturated rings. The van der Waals surface area contributed by atoms with Gasteiger partial charge < -0.3 is 4.42 Å². The molecule has 0 aliphatic rings. The summed E-state index contributed by atoms with van der Waals surface area (Å²) in [7, 11) is -3.58. The minimum atomic E-state index is -3.58. The molecule has 0 aliphatic heterocycles. The van der Waals surface area contributed by atoms with E-state index in [4.69, 9.17) is 4.42 Å². The van der Waals surface area contributed by atoms with Gasteiger partial charge in [-0.05, 0) is 33.6 Å². The molecule has 0 aliphatic carbocycles. The van der Waals surface area contributed by atoms with Gasteiger partial charge in [-0.1, -0.05) is 30.3 Å². The molecule has 1 N–H and O–H groups in total. The minimum Gasteiger partial charge on any atom is -0.437 e. The predicted molar refractivity (Wildman–Crippen MR) is 66.9 cm³/mol. The first kappa shape index (κ1) is 12.3. The van der Waals surface area contributed by atoms with E-state index in [9.17, 15) is 8.42 Å². The van der Waals surface area contributed by atoms with Gasteiger partial charge >= 0.3 is 0 Å². The third kappa shape index (κ3) is 3.18. The second kappa shape index (κ2) is 5.03. The van der Waals surface area contributed by atoms with E-state index in [-0.39, 0.29) is 11.6 Å². The van der Waals surface area contributed by atoms with E-state index in [1.54, 1.807) is 0 Å². The maximum absolute atomic E-state index is 11.8. The molecule has 0 unspecified atom stereocenters. The van der Waals surface area contributed by atoms with Crippen LogP contribution in [0.2, 0.25) is 0 Å². The van der Waals surface area contributed by atoms with Crippen LogP contribution in [-0.2, 0) is 16.6 Å². The SMILES string of the molecule is O=S(=O)(NCc1ccccc1)c1ccc(Br)o1. The molecular weight excluding hydrogens is 306 g/mol. The van der Waals surface area contributed by atoms with Crippen molar-refractivity contribution in [2.45, 2.75) is 11.6 Å². The first-order valence-corrected chi connectivity index (χ1v) is 7.14. The summed E-state index contributed by atoms with van der Waals surface area (Å²) in [5.41, 5.74) is 0.890. The lowest BCUT2D eigenvalue weighted by atomic mass is 10.2. The number of hydrogen-bond acceptors (Lipinski definition) is 3. The number of halogens is 1. The lowest BCUT2D eigenvalue weighted by molar-refractivity contribution is 0.428. The van der Waals surface area contributed by atoms with Crippen LogP contribution in [0.3, 0.4) is 0 Å². The third-order valence-electron chi connectivity index (χ3n) is 2.12. The average Bonchev–Trinajstić information content (AvgIpc) is 2.76. The maximum Gasteiger partial charge on any atom is 0.274 e. The van der Waals surface area contributed by atoms with Crippen molar-refractivity contribution in [3.63, 3.8) is 0 Å². The molecule has 2 aromatic rings. The van der Waals surface area contributed by atoms with Gasteiger partial charge in [-0.25, -0.2) is 13.1 Å². The molecule has 0 saturated carbocycles. The molecule has 0 atom stereocenters. The average molecular weight is 316 g/mol. The van der Waals surface area contributed by atoms with E-state index >= 15 is 0 Å². The number of sulfonamides is 1. The number of rotatable bonds is 4. The zero-order valence-corrected chi connectivity index (χ0v) is 11.2. The van der Waals surface area contributed by atoms with Crippen molar-refractivity contribution in [1.29, 1.82) is 0 Å². The van der Waals surface area contributed by atoms with Gasteiger partial charge in [-0.2, -0.15) is 0 Å². The molecule has 1 aromatic heterocycles. The summed E-state index contributed by atoms with van der Waals surface area (Å²) < 4.78 is 31.4. The van der Waals surface area contributed by atoms with Crippen molar-refractivity contribution in [3.05, 3.63) is 52.7 Å². The summed E-state index contributed by atoms with van der Waals surface area (Å²) in [5, 5.41) is -0.0969. The fourth-order valence-electron chi connectivity index (χ4n) is 1.29. The van der Waals surface area contributed by atoms with Crippen LogP contribution in [0.15, 0.2) is 56.6 Å². The zero-order valence-electron chi connectivity index (χ0n) is 8.76. The van der Waals surface area contributed by atoms with Gasteiger partial charge in [0.2, 0.25) is 5.09 Å². The summed E-state index contributed by atoms with van der Waals surface area (Å²) in [5.74, 6) is 0. The van der Waals surface area contributed by atoms with Crippen molar-refractivity contribution < 1.29 is 12.8 Å². The Hall–Kier alpha value is -1.11. The molecule has 0 saturated heterocycles. The van der Waals surface area contributed by atoms with Crippen molar-refractivity contribution in [2.75, 3.05) is 0 Å². The molecule has 0 radical (unpaired) electrons. The van der Waals surface area contributed by atoms with E-state index in [1.807, 2.05) is 30.3 Å². The van der Waals surface area contributed by atoms with Crippen LogP contribution in [0.5, 0.6) is 0 Å². The van der Waals surface area contributed by atoms with Crippen molar-refractivity contribution >= 4 is 26.0 Å². The molecule has 90 valence electrons. The summed E-state index contributed by atoms with van der Waals surface area (Å²) in [6.45, 7) is 0.238. The largest absolute Gasteiger partial charge is 0.437 e. The monoisotopic (exact) mass is 315 g/mol. The molecule has 4 nitrogen and oxygen atoms in total. The standard InChI is InChI=1S/C11H10BrNO3S/c12-10-6-7-11(16-10)17(14,15)13-8-9-4-2-1-3-5-9/h1-7,13H,8H2. The minimum absolute atomic E-state index is 0.0969. The number of hydrogen-bond donors (Lipinski definition) is 1. The van der Waals surface area contributed by atoms with Gasteiger partial charge in [0, 0.05) is 6.54 Å². The lowest BCUT2D eigenvalue weighted by Gasteiger charge is -2.03. The first-order valence-electron chi connectivity index (χ1n) is 4.87. The highest BCUT2D eigenvalue weighted by molar-refractivity contribution is 9.10. The van der Waals surface area contributed by atoms with Crippen LogP contribution < -0.4 is 4.72 Å². The Labute approximate surface area is 108 Å². The Morgan fingerprint density at radius 2 is 1.82 bits per heavy atom. The van der Waals surface area contributed by atoms with Crippen LogP contribution in [0, 0.1) is 0 Å². The van der Waals surface area contributed by atoms with Gasteiger partial charge in [-0.15, -0.1) is 0 Å².